The van der Waals surface area contributed by atoms with Gasteiger partial charge >= 0.3 is 0 Å². The van der Waals surface area contributed by atoms with Crippen molar-refractivity contribution in [3.63, 3.8) is 0 Å². The maximum atomic E-state index is 13.8. The molecule has 0 atom stereocenters. The standard InChI is InChI=1S/C13H8BrClFNOS/c14-7-4-5-10(8(6-7)13(17)19)18-11-3-1-2-9(15)12(11)16/h1-6H,(H2,17,19). The van der Waals surface area contributed by atoms with Crippen LogP contribution in [0.1, 0.15) is 5.56 Å². The molecule has 0 saturated heterocycles. The van der Waals surface area contributed by atoms with E-state index in [0.29, 0.717) is 11.3 Å². The van der Waals surface area contributed by atoms with E-state index in [9.17, 15) is 4.39 Å². The highest BCUT2D eigenvalue weighted by atomic mass is 79.9. The third-order valence-corrected chi connectivity index (χ3v) is 3.35. The molecule has 0 fully saturated rings. The van der Waals surface area contributed by atoms with Crippen LogP contribution in [0.5, 0.6) is 11.5 Å². The molecular weight excluding hydrogens is 353 g/mol. The number of benzene rings is 2. The highest BCUT2D eigenvalue weighted by Crippen LogP contribution is 2.31. The zero-order chi connectivity index (χ0) is 14.0. The van der Waals surface area contributed by atoms with Crippen molar-refractivity contribution in [3.8, 4) is 11.5 Å². The Hall–Kier alpha value is -1.17. The van der Waals surface area contributed by atoms with Crippen LogP contribution in [-0.4, -0.2) is 4.99 Å². The van der Waals surface area contributed by atoms with E-state index in [1.54, 1.807) is 24.3 Å². The summed E-state index contributed by atoms with van der Waals surface area (Å²) in [7, 11) is 0. The summed E-state index contributed by atoms with van der Waals surface area (Å²) in [5.74, 6) is -0.231. The fourth-order valence-electron chi connectivity index (χ4n) is 1.47. The first-order valence-corrected chi connectivity index (χ1v) is 6.78. The van der Waals surface area contributed by atoms with Crippen LogP contribution in [0.4, 0.5) is 4.39 Å². The largest absolute Gasteiger partial charge is 0.453 e. The quantitative estimate of drug-likeness (QED) is 0.808. The first-order chi connectivity index (χ1) is 8.99. The Balaban J connectivity index is 2.44. The molecule has 2 N–H and O–H groups in total. The number of nitrogens with two attached hydrogens (primary N) is 1. The number of halogens is 3. The summed E-state index contributed by atoms with van der Waals surface area (Å²) in [4.78, 5) is 0.165. The van der Waals surface area contributed by atoms with E-state index in [0.717, 1.165) is 4.47 Å². The maximum Gasteiger partial charge on any atom is 0.184 e. The van der Waals surface area contributed by atoms with E-state index in [1.807, 2.05) is 0 Å². The molecule has 2 rings (SSSR count). The molecular formula is C13H8BrClFNOS. The molecule has 98 valence electrons. The maximum absolute atomic E-state index is 13.8. The van der Waals surface area contributed by atoms with Crippen LogP contribution in [0.25, 0.3) is 0 Å². The Kier molecular flexibility index (Phi) is 4.39. The van der Waals surface area contributed by atoms with Gasteiger partial charge in [0.05, 0.1) is 10.6 Å². The minimum absolute atomic E-state index is 0.00788. The summed E-state index contributed by atoms with van der Waals surface area (Å²) in [6.45, 7) is 0. The SMILES string of the molecule is NC(=S)c1cc(Br)ccc1Oc1cccc(Cl)c1F. The molecule has 0 radical (unpaired) electrons. The Labute approximate surface area is 128 Å². The predicted octanol–water partition coefficient (Wildman–Crippen LogP) is 4.67. The lowest BCUT2D eigenvalue weighted by atomic mass is 10.2. The number of rotatable bonds is 3. The van der Waals surface area contributed by atoms with E-state index >= 15 is 0 Å². The zero-order valence-corrected chi connectivity index (χ0v) is 12.7. The smallest absolute Gasteiger partial charge is 0.184 e. The van der Waals surface area contributed by atoms with Crippen molar-refractivity contribution in [3.05, 3.63) is 57.3 Å². The van der Waals surface area contributed by atoms with Gasteiger partial charge in [-0.05, 0) is 30.3 Å². The highest BCUT2D eigenvalue weighted by Gasteiger charge is 2.12. The Morgan fingerprint density at radius 3 is 2.68 bits per heavy atom. The summed E-state index contributed by atoms with van der Waals surface area (Å²) < 4.78 is 20.1. The van der Waals surface area contributed by atoms with Gasteiger partial charge < -0.3 is 10.5 Å². The third kappa shape index (κ3) is 3.23. The summed E-state index contributed by atoms with van der Waals surface area (Å²) in [5, 5.41) is -0.00788. The van der Waals surface area contributed by atoms with Crippen LogP contribution in [0.15, 0.2) is 40.9 Å². The van der Waals surface area contributed by atoms with Gasteiger partial charge in [-0.25, -0.2) is 4.39 Å². The van der Waals surface area contributed by atoms with Gasteiger partial charge in [-0.3, -0.25) is 0 Å². The molecule has 0 aromatic heterocycles. The zero-order valence-electron chi connectivity index (χ0n) is 9.49. The molecule has 0 aliphatic heterocycles. The van der Waals surface area contributed by atoms with E-state index < -0.39 is 5.82 Å². The monoisotopic (exact) mass is 359 g/mol. The third-order valence-electron chi connectivity index (χ3n) is 2.34. The second-order valence-corrected chi connectivity index (χ2v) is 5.42. The van der Waals surface area contributed by atoms with Gasteiger partial charge in [0.2, 0.25) is 0 Å². The van der Waals surface area contributed by atoms with Crippen molar-refractivity contribution in [1.29, 1.82) is 0 Å². The van der Waals surface area contributed by atoms with Gasteiger partial charge in [-0.2, -0.15) is 0 Å². The Bertz CT molecular complexity index is 651. The number of hydrogen-bond acceptors (Lipinski definition) is 2. The van der Waals surface area contributed by atoms with Gasteiger partial charge in [-0.1, -0.05) is 45.8 Å². The van der Waals surface area contributed by atoms with Crippen LogP contribution in [0.3, 0.4) is 0 Å². The molecule has 2 nitrogen and oxygen atoms in total. The lowest BCUT2D eigenvalue weighted by molar-refractivity contribution is 0.442. The lowest BCUT2D eigenvalue weighted by Crippen LogP contribution is -2.11. The van der Waals surface area contributed by atoms with Crippen LogP contribution in [0, 0.1) is 5.82 Å². The van der Waals surface area contributed by atoms with Gasteiger partial charge in [0.25, 0.3) is 0 Å². The molecule has 0 saturated carbocycles. The van der Waals surface area contributed by atoms with Crippen molar-refractivity contribution in [2.45, 2.75) is 0 Å². The molecule has 0 aliphatic carbocycles. The average Bonchev–Trinajstić information content (AvgIpc) is 2.36. The summed E-state index contributed by atoms with van der Waals surface area (Å²) in [5.41, 5.74) is 6.13. The van der Waals surface area contributed by atoms with Crippen LogP contribution in [-0.2, 0) is 0 Å². The molecule has 0 aliphatic rings. The van der Waals surface area contributed by atoms with Crippen molar-refractivity contribution in [1.82, 2.24) is 0 Å². The fourth-order valence-corrected chi connectivity index (χ4v) is 2.15. The van der Waals surface area contributed by atoms with Gasteiger partial charge in [0.1, 0.15) is 10.7 Å². The van der Waals surface area contributed by atoms with E-state index in [2.05, 4.69) is 15.9 Å². The van der Waals surface area contributed by atoms with Crippen LogP contribution < -0.4 is 10.5 Å². The normalized spacial score (nSPS) is 10.3. The van der Waals surface area contributed by atoms with Gasteiger partial charge in [0.15, 0.2) is 11.6 Å². The molecule has 0 heterocycles. The Morgan fingerprint density at radius 2 is 2.00 bits per heavy atom. The van der Waals surface area contributed by atoms with Gasteiger partial charge in [-0.15, -0.1) is 0 Å². The molecule has 0 amide bonds. The summed E-state index contributed by atoms with van der Waals surface area (Å²) in [6, 6.07) is 9.63. The highest BCUT2D eigenvalue weighted by molar-refractivity contribution is 9.10. The second kappa shape index (κ2) is 5.86. The first kappa shape index (κ1) is 14.2. The molecule has 0 spiro atoms. The fraction of sp³-hybridized carbons (Fsp3) is 0. The first-order valence-electron chi connectivity index (χ1n) is 5.20. The lowest BCUT2D eigenvalue weighted by Gasteiger charge is -2.11. The van der Waals surface area contributed by atoms with E-state index in [4.69, 9.17) is 34.3 Å². The molecule has 6 heteroatoms. The number of thiocarbonyl (C=S) groups is 1. The minimum atomic E-state index is -0.624. The Morgan fingerprint density at radius 1 is 1.26 bits per heavy atom. The van der Waals surface area contributed by atoms with Crippen molar-refractivity contribution in [2.75, 3.05) is 0 Å². The van der Waals surface area contributed by atoms with Crippen LogP contribution in [0.2, 0.25) is 5.02 Å². The van der Waals surface area contributed by atoms with Gasteiger partial charge in [0, 0.05) is 4.47 Å². The topological polar surface area (TPSA) is 35.2 Å². The average molecular weight is 361 g/mol. The molecule has 2 aromatic carbocycles. The minimum Gasteiger partial charge on any atom is -0.453 e. The number of ether oxygens (including phenoxy) is 1. The predicted molar refractivity (Wildman–Crippen MR) is 81.5 cm³/mol. The molecule has 2 aromatic rings. The summed E-state index contributed by atoms with van der Waals surface area (Å²) >= 11 is 13.9. The molecule has 0 bridgehead atoms. The van der Waals surface area contributed by atoms with Crippen molar-refractivity contribution < 1.29 is 9.13 Å². The second-order valence-electron chi connectivity index (χ2n) is 3.66. The molecule has 0 unspecified atom stereocenters. The van der Waals surface area contributed by atoms with Crippen LogP contribution >= 0.6 is 39.7 Å². The molecule has 19 heavy (non-hydrogen) atoms. The summed E-state index contributed by atoms with van der Waals surface area (Å²) in [6.07, 6.45) is 0. The van der Waals surface area contributed by atoms with E-state index in [-0.39, 0.29) is 15.8 Å². The van der Waals surface area contributed by atoms with Crippen molar-refractivity contribution in [2.24, 2.45) is 5.73 Å². The van der Waals surface area contributed by atoms with E-state index in [1.165, 1.54) is 12.1 Å². The van der Waals surface area contributed by atoms with Crippen molar-refractivity contribution >= 4 is 44.7 Å². The number of hydrogen-bond donors (Lipinski definition) is 1.